The van der Waals surface area contributed by atoms with Crippen molar-refractivity contribution in [1.29, 1.82) is 0 Å². The molecule has 1 N–H and O–H groups in total. The number of hydrogen-bond donors (Lipinski definition) is 1. The Hall–Kier alpha value is -3.08. The Bertz CT molecular complexity index is 1070. The van der Waals surface area contributed by atoms with Gasteiger partial charge in [-0.3, -0.25) is 14.6 Å². The fourth-order valence-electron chi connectivity index (χ4n) is 4.61. The van der Waals surface area contributed by atoms with Gasteiger partial charge in [-0.15, -0.1) is 0 Å². The number of benzene rings is 1. The van der Waals surface area contributed by atoms with E-state index in [2.05, 4.69) is 17.2 Å². The first-order valence-corrected chi connectivity index (χ1v) is 10.5. The van der Waals surface area contributed by atoms with Gasteiger partial charge in [0.15, 0.2) is 5.78 Å². The van der Waals surface area contributed by atoms with Gasteiger partial charge in [-0.1, -0.05) is 37.3 Å². The fraction of sp³-hybridized carbons (Fsp3) is 0.360. The van der Waals surface area contributed by atoms with Crippen LogP contribution in [0.5, 0.6) is 0 Å². The van der Waals surface area contributed by atoms with Crippen LogP contribution in [0.3, 0.4) is 0 Å². The number of rotatable bonds is 3. The molecule has 3 atom stereocenters. The molecular weight excluding hydrogens is 374 g/mol. The number of hydrogen-bond acceptors (Lipinski definition) is 4. The zero-order valence-electron chi connectivity index (χ0n) is 17.9. The number of nitrogens with zero attached hydrogens (tertiary/aromatic N) is 2. The molecule has 30 heavy (non-hydrogen) atoms. The van der Waals surface area contributed by atoms with E-state index in [1.54, 1.807) is 12.3 Å². The lowest BCUT2D eigenvalue weighted by atomic mass is 9.69. The number of carbonyl (C=O) groups excluding carboxylic acids is 2. The molecule has 2 heterocycles. The molecule has 1 unspecified atom stereocenters. The minimum atomic E-state index is -0.551. The van der Waals surface area contributed by atoms with E-state index in [0.717, 1.165) is 34.5 Å². The van der Waals surface area contributed by atoms with E-state index in [4.69, 9.17) is 4.99 Å². The third kappa shape index (κ3) is 3.72. The highest BCUT2D eigenvalue weighted by Gasteiger charge is 2.43. The second kappa shape index (κ2) is 7.98. The van der Waals surface area contributed by atoms with Crippen molar-refractivity contribution < 1.29 is 9.59 Å². The number of Topliss-reactive ketones (excluding diaryl/α,β-unsaturated/α-hetero) is 1. The summed E-state index contributed by atoms with van der Waals surface area (Å²) in [5, 5.41) is 2.94. The van der Waals surface area contributed by atoms with Gasteiger partial charge in [-0.2, -0.15) is 0 Å². The maximum absolute atomic E-state index is 13.4. The first kappa shape index (κ1) is 20.2. The van der Waals surface area contributed by atoms with Crippen molar-refractivity contribution in [2.24, 2.45) is 16.8 Å². The van der Waals surface area contributed by atoms with Crippen molar-refractivity contribution in [1.82, 2.24) is 4.98 Å². The van der Waals surface area contributed by atoms with Crippen molar-refractivity contribution >= 4 is 23.2 Å². The molecule has 0 saturated carbocycles. The lowest BCUT2D eigenvalue weighted by Crippen LogP contribution is -2.40. The Morgan fingerprint density at radius 2 is 1.83 bits per heavy atom. The zero-order chi connectivity index (χ0) is 21.4. The number of pyridine rings is 1. The van der Waals surface area contributed by atoms with Gasteiger partial charge < -0.3 is 5.32 Å². The molecule has 1 aliphatic heterocycles. The van der Waals surface area contributed by atoms with E-state index >= 15 is 0 Å². The van der Waals surface area contributed by atoms with Crippen LogP contribution < -0.4 is 5.32 Å². The van der Waals surface area contributed by atoms with Crippen molar-refractivity contribution in [3.05, 3.63) is 70.6 Å². The van der Waals surface area contributed by atoms with Crippen LogP contribution in [0.1, 0.15) is 49.3 Å². The molecule has 1 aromatic carbocycles. The van der Waals surface area contributed by atoms with Gasteiger partial charge in [0.1, 0.15) is 5.82 Å². The first-order chi connectivity index (χ1) is 14.3. The van der Waals surface area contributed by atoms with Crippen molar-refractivity contribution in [2.75, 3.05) is 5.32 Å². The van der Waals surface area contributed by atoms with E-state index in [0.29, 0.717) is 17.8 Å². The Labute approximate surface area is 177 Å². The van der Waals surface area contributed by atoms with Crippen LogP contribution in [0.2, 0.25) is 0 Å². The number of carbonyl (C=O) groups is 2. The highest BCUT2D eigenvalue weighted by molar-refractivity contribution is 6.13. The van der Waals surface area contributed by atoms with Gasteiger partial charge in [0.25, 0.3) is 0 Å². The lowest BCUT2D eigenvalue weighted by molar-refractivity contribution is -0.119. The van der Waals surface area contributed by atoms with Crippen LogP contribution >= 0.6 is 0 Å². The van der Waals surface area contributed by atoms with E-state index in [-0.39, 0.29) is 23.5 Å². The van der Waals surface area contributed by atoms with Gasteiger partial charge in [0.05, 0.1) is 5.92 Å². The molecule has 2 aromatic rings. The molecule has 0 spiro atoms. The summed E-state index contributed by atoms with van der Waals surface area (Å²) in [6.07, 6.45) is 3.00. The second-order valence-corrected chi connectivity index (χ2v) is 8.57. The van der Waals surface area contributed by atoms with E-state index in [9.17, 15) is 9.59 Å². The van der Waals surface area contributed by atoms with Crippen LogP contribution in [-0.2, 0) is 9.59 Å². The molecule has 4 rings (SSSR count). The summed E-state index contributed by atoms with van der Waals surface area (Å²) in [4.78, 5) is 35.6. The average Bonchev–Trinajstić information content (AvgIpc) is 2.68. The monoisotopic (exact) mass is 401 g/mol. The van der Waals surface area contributed by atoms with E-state index in [1.807, 2.05) is 51.1 Å². The highest BCUT2D eigenvalue weighted by atomic mass is 16.2. The van der Waals surface area contributed by atoms with Gasteiger partial charge >= 0.3 is 0 Å². The van der Waals surface area contributed by atoms with Crippen molar-refractivity contribution in [2.45, 2.75) is 46.5 Å². The number of allylic oxidation sites excluding steroid dienone is 2. The molecule has 1 aromatic heterocycles. The quantitative estimate of drug-likeness (QED) is 0.806. The van der Waals surface area contributed by atoms with Crippen LogP contribution in [0.4, 0.5) is 5.82 Å². The molecule has 0 fully saturated rings. The predicted molar refractivity (Wildman–Crippen MR) is 119 cm³/mol. The molecule has 1 aliphatic carbocycles. The Morgan fingerprint density at radius 1 is 1.07 bits per heavy atom. The maximum atomic E-state index is 13.4. The summed E-state index contributed by atoms with van der Waals surface area (Å²) in [7, 11) is 0. The average molecular weight is 402 g/mol. The van der Waals surface area contributed by atoms with Crippen LogP contribution in [0.25, 0.3) is 0 Å². The van der Waals surface area contributed by atoms with Crippen LogP contribution in [0, 0.1) is 25.7 Å². The number of aromatic nitrogens is 1. The van der Waals surface area contributed by atoms with Crippen molar-refractivity contribution in [3.8, 4) is 0 Å². The third-order valence-electron chi connectivity index (χ3n) is 6.06. The second-order valence-electron chi connectivity index (χ2n) is 8.57. The normalized spacial score (nSPS) is 23.7. The minimum Gasteiger partial charge on any atom is -0.310 e. The number of aliphatic imine (C=N–C) groups is 1. The number of ketones is 1. The smallest absolute Gasteiger partial charge is 0.235 e. The minimum absolute atomic E-state index is 0.111. The van der Waals surface area contributed by atoms with Crippen molar-refractivity contribution in [3.63, 3.8) is 0 Å². The van der Waals surface area contributed by atoms with Gasteiger partial charge in [0.2, 0.25) is 5.91 Å². The van der Waals surface area contributed by atoms with Crippen LogP contribution in [-0.4, -0.2) is 22.4 Å². The molecule has 0 bridgehead atoms. The third-order valence-corrected chi connectivity index (χ3v) is 6.06. The zero-order valence-corrected chi connectivity index (χ0v) is 17.9. The fourth-order valence-corrected chi connectivity index (χ4v) is 4.61. The SMILES string of the molecule is CC1=NC2=C(C(=O)C[C@@H](C)C2)[C@H](c2ccccc2C)C1C(=O)Nc1ccc(C)cn1. The number of amides is 1. The summed E-state index contributed by atoms with van der Waals surface area (Å²) in [6, 6.07) is 11.7. The van der Waals surface area contributed by atoms with E-state index in [1.165, 1.54) is 0 Å². The first-order valence-electron chi connectivity index (χ1n) is 10.5. The highest BCUT2D eigenvalue weighted by Crippen LogP contribution is 2.45. The number of anilines is 1. The topological polar surface area (TPSA) is 71.4 Å². The van der Waals surface area contributed by atoms with Crippen LogP contribution in [0.15, 0.2) is 58.9 Å². The Kier molecular flexibility index (Phi) is 5.37. The van der Waals surface area contributed by atoms with Gasteiger partial charge in [-0.05, 0) is 55.9 Å². The molecule has 2 aliphatic rings. The van der Waals surface area contributed by atoms with E-state index < -0.39 is 5.92 Å². The predicted octanol–water partition coefficient (Wildman–Crippen LogP) is 4.76. The largest absolute Gasteiger partial charge is 0.310 e. The Morgan fingerprint density at radius 3 is 2.53 bits per heavy atom. The summed E-state index contributed by atoms with van der Waals surface area (Å²) >= 11 is 0. The molecule has 154 valence electrons. The summed E-state index contributed by atoms with van der Waals surface area (Å²) in [6.45, 7) is 7.96. The molecule has 0 radical (unpaired) electrons. The van der Waals surface area contributed by atoms with Gasteiger partial charge in [-0.25, -0.2) is 4.98 Å². The molecule has 5 nitrogen and oxygen atoms in total. The maximum Gasteiger partial charge on any atom is 0.235 e. The standard InChI is InChI=1S/C25H27N3O2/c1-14-9-10-21(26-13-14)28-25(30)22-17(4)27-19-11-15(2)12-20(29)24(19)23(22)18-8-6-5-7-16(18)3/h5-10,13,15,22-23H,11-12H2,1-4H3,(H,26,28,30)/t15-,22?,23+/m0/s1. The summed E-state index contributed by atoms with van der Waals surface area (Å²) in [5.41, 5.74) is 5.42. The molecular formula is C25H27N3O2. The number of nitrogens with one attached hydrogen (secondary N) is 1. The lowest BCUT2D eigenvalue weighted by Gasteiger charge is -2.36. The summed E-state index contributed by atoms with van der Waals surface area (Å²) < 4.78 is 0. The summed E-state index contributed by atoms with van der Waals surface area (Å²) in [5.74, 6) is -0.175. The molecule has 5 heteroatoms. The number of aryl methyl sites for hydroxylation is 2. The molecule has 0 saturated heterocycles. The van der Waals surface area contributed by atoms with Gasteiger partial charge in [0, 0.05) is 35.5 Å². The Balaban J connectivity index is 1.79. The molecule has 1 amide bonds.